The van der Waals surface area contributed by atoms with Crippen LogP contribution in [-0.2, 0) is 17.7 Å². The molecule has 10 nitrogen and oxygen atoms in total. The number of halogens is 1. The van der Waals surface area contributed by atoms with Crippen molar-refractivity contribution in [2.75, 3.05) is 41.4 Å². The summed E-state index contributed by atoms with van der Waals surface area (Å²) in [5, 5.41) is 3.20. The van der Waals surface area contributed by atoms with Crippen LogP contribution in [0.3, 0.4) is 0 Å². The highest BCUT2D eigenvalue weighted by Gasteiger charge is 2.29. The molecule has 0 unspecified atom stereocenters. The molecule has 1 atom stereocenters. The zero-order valence-corrected chi connectivity index (χ0v) is 20.9. The molecule has 0 spiro atoms. The van der Waals surface area contributed by atoms with E-state index in [-0.39, 0.29) is 11.6 Å². The van der Waals surface area contributed by atoms with Crippen molar-refractivity contribution in [3.05, 3.63) is 82.3 Å². The normalized spacial score (nSPS) is 17.3. The fourth-order valence-corrected chi connectivity index (χ4v) is 4.84. The Kier molecular flexibility index (Phi) is 6.42. The fraction of sp³-hybridized carbons (Fsp3) is 0.296. The molecular weight excluding hydrogens is 487 g/mol. The molecule has 5 heterocycles. The molecule has 38 heavy (non-hydrogen) atoms. The first-order valence-electron chi connectivity index (χ1n) is 12.6. The molecule has 4 aromatic rings. The van der Waals surface area contributed by atoms with E-state index in [4.69, 9.17) is 14.7 Å². The first-order valence-corrected chi connectivity index (χ1v) is 12.6. The van der Waals surface area contributed by atoms with Gasteiger partial charge in [-0.05, 0) is 43.7 Å². The van der Waals surface area contributed by atoms with Gasteiger partial charge in [0.05, 0.1) is 43.9 Å². The molecule has 2 aliphatic heterocycles. The molecule has 6 rings (SSSR count). The van der Waals surface area contributed by atoms with Gasteiger partial charge < -0.3 is 24.8 Å². The average Bonchev–Trinajstić information content (AvgIpc) is 2.93. The van der Waals surface area contributed by atoms with E-state index in [1.165, 1.54) is 18.5 Å². The van der Waals surface area contributed by atoms with Crippen molar-refractivity contribution in [3.63, 3.8) is 0 Å². The van der Waals surface area contributed by atoms with Crippen molar-refractivity contribution in [1.82, 2.24) is 24.9 Å². The highest BCUT2D eigenvalue weighted by atomic mass is 19.1. The number of ether oxygens (including phenoxy) is 1. The molecule has 0 amide bonds. The Morgan fingerprint density at radius 2 is 1.89 bits per heavy atom. The lowest BCUT2D eigenvalue weighted by atomic mass is 10.0. The Hall–Kier alpha value is -4.38. The van der Waals surface area contributed by atoms with Gasteiger partial charge in [-0.1, -0.05) is 6.07 Å². The maximum atomic E-state index is 13.4. The van der Waals surface area contributed by atoms with Gasteiger partial charge in [0.25, 0.3) is 0 Å². The number of rotatable bonds is 5. The second kappa shape index (κ2) is 10.2. The molecule has 1 fully saturated rings. The lowest BCUT2D eigenvalue weighted by Gasteiger charge is -2.37. The van der Waals surface area contributed by atoms with Crippen LogP contribution in [0.25, 0.3) is 11.4 Å². The standard InChI is InChI=1S/C27H27FN8O2/c1-17-16-38-12-11-36(17)26-21-9-10-35(27-29-13-19(28)14-30-27)15-22(21)32-25(34-26)18-5-7-20(8-6-18)31-23-3-2-4-24(37)33-23/h2-8,13-14,17H,9-12,15-16H2,1H3,(H2,31,33,37)/t17-/m0/s1. The van der Waals surface area contributed by atoms with Crippen LogP contribution in [0.4, 0.5) is 27.7 Å². The molecule has 0 bridgehead atoms. The van der Waals surface area contributed by atoms with Crippen molar-refractivity contribution in [2.45, 2.75) is 25.9 Å². The van der Waals surface area contributed by atoms with E-state index in [0.29, 0.717) is 43.9 Å². The van der Waals surface area contributed by atoms with Gasteiger partial charge in [-0.3, -0.25) is 4.79 Å². The van der Waals surface area contributed by atoms with E-state index < -0.39 is 5.82 Å². The Morgan fingerprint density at radius 3 is 2.66 bits per heavy atom. The second-order valence-electron chi connectivity index (χ2n) is 9.42. The van der Waals surface area contributed by atoms with Crippen molar-refractivity contribution in [2.24, 2.45) is 0 Å². The largest absolute Gasteiger partial charge is 0.377 e. The van der Waals surface area contributed by atoms with Gasteiger partial charge in [-0.2, -0.15) is 0 Å². The maximum absolute atomic E-state index is 13.4. The SMILES string of the molecule is C[C@H]1COCCN1c1nc(-c2ccc(Nc3cccc(=O)[nH]3)cc2)nc2c1CCN(c1ncc(F)cn1)C2. The summed E-state index contributed by atoms with van der Waals surface area (Å²) in [6.07, 6.45) is 3.10. The molecule has 2 aliphatic rings. The highest BCUT2D eigenvalue weighted by molar-refractivity contribution is 5.66. The van der Waals surface area contributed by atoms with Crippen LogP contribution in [0, 0.1) is 5.82 Å². The molecule has 194 valence electrons. The zero-order valence-electron chi connectivity index (χ0n) is 20.9. The second-order valence-corrected chi connectivity index (χ2v) is 9.42. The molecule has 0 radical (unpaired) electrons. The van der Waals surface area contributed by atoms with Crippen molar-refractivity contribution in [3.8, 4) is 11.4 Å². The number of morpholine rings is 1. The molecule has 1 saturated heterocycles. The number of aromatic nitrogens is 5. The summed E-state index contributed by atoms with van der Waals surface area (Å²) >= 11 is 0. The number of H-pyrrole nitrogens is 1. The third kappa shape index (κ3) is 4.92. The summed E-state index contributed by atoms with van der Waals surface area (Å²) in [4.78, 5) is 37.0. The summed E-state index contributed by atoms with van der Waals surface area (Å²) in [7, 11) is 0. The minimum atomic E-state index is -0.462. The number of aromatic amines is 1. The number of benzene rings is 1. The predicted octanol–water partition coefficient (Wildman–Crippen LogP) is 3.29. The van der Waals surface area contributed by atoms with Crippen LogP contribution in [-0.4, -0.2) is 57.3 Å². The smallest absolute Gasteiger partial charge is 0.249 e. The average molecular weight is 515 g/mol. The molecule has 0 aliphatic carbocycles. The van der Waals surface area contributed by atoms with Gasteiger partial charge in [0.2, 0.25) is 11.5 Å². The maximum Gasteiger partial charge on any atom is 0.249 e. The van der Waals surface area contributed by atoms with Gasteiger partial charge in [-0.15, -0.1) is 0 Å². The van der Waals surface area contributed by atoms with Crippen molar-refractivity contribution < 1.29 is 9.13 Å². The molecule has 11 heteroatoms. The van der Waals surface area contributed by atoms with Crippen molar-refractivity contribution in [1.29, 1.82) is 0 Å². The number of hydrogen-bond acceptors (Lipinski definition) is 9. The number of pyridine rings is 1. The quantitative estimate of drug-likeness (QED) is 0.414. The first-order chi connectivity index (χ1) is 18.5. The summed E-state index contributed by atoms with van der Waals surface area (Å²) in [5.74, 6) is 2.19. The van der Waals surface area contributed by atoms with Crippen molar-refractivity contribution >= 4 is 23.3 Å². The Bertz CT molecular complexity index is 1490. The van der Waals surface area contributed by atoms with E-state index in [1.54, 1.807) is 12.1 Å². The number of nitrogens with one attached hydrogen (secondary N) is 2. The van der Waals surface area contributed by atoms with Crippen LogP contribution in [0.5, 0.6) is 0 Å². The van der Waals surface area contributed by atoms with Gasteiger partial charge >= 0.3 is 0 Å². The predicted molar refractivity (Wildman–Crippen MR) is 142 cm³/mol. The third-order valence-electron chi connectivity index (χ3n) is 6.76. The van der Waals surface area contributed by atoms with E-state index in [2.05, 4.69) is 32.1 Å². The molecule has 0 saturated carbocycles. The third-order valence-corrected chi connectivity index (χ3v) is 6.76. The van der Waals surface area contributed by atoms with Crippen LogP contribution >= 0.6 is 0 Å². The topological polar surface area (TPSA) is 112 Å². The minimum absolute atomic E-state index is 0.168. The van der Waals surface area contributed by atoms with Crippen LogP contribution in [0.15, 0.2) is 59.7 Å². The van der Waals surface area contributed by atoms with Gasteiger partial charge in [-0.25, -0.2) is 24.3 Å². The number of hydrogen-bond donors (Lipinski definition) is 2. The monoisotopic (exact) mass is 514 g/mol. The molecular formula is C27H27FN8O2. The van der Waals surface area contributed by atoms with Gasteiger partial charge in [0.1, 0.15) is 11.6 Å². The fourth-order valence-electron chi connectivity index (χ4n) is 4.84. The first kappa shape index (κ1) is 24.0. The number of anilines is 4. The lowest BCUT2D eigenvalue weighted by molar-refractivity contribution is 0.0984. The summed E-state index contributed by atoms with van der Waals surface area (Å²) in [5.41, 5.74) is 3.56. The van der Waals surface area contributed by atoms with Crippen LogP contribution in [0.1, 0.15) is 18.2 Å². The van der Waals surface area contributed by atoms with Gasteiger partial charge in [0, 0.05) is 36.0 Å². The van der Waals surface area contributed by atoms with Crippen LogP contribution < -0.4 is 20.7 Å². The van der Waals surface area contributed by atoms with E-state index >= 15 is 0 Å². The summed E-state index contributed by atoms with van der Waals surface area (Å²) < 4.78 is 19.1. The van der Waals surface area contributed by atoms with E-state index in [9.17, 15) is 9.18 Å². The van der Waals surface area contributed by atoms with E-state index in [1.807, 2.05) is 29.2 Å². The minimum Gasteiger partial charge on any atom is -0.377 e. The Labute approximate surface area is 218 Å². The lowest BCUT2D eigenvalue weighted by Crippen LogP contribution is -2.45. The highest BCUT2D eigenvalue weighted by Crippen LogP contribution is 2.32. The van der Waals surface area contributed by atoms with Gasteiger partial charge in [0.15, 0.2) is 11.6 Å². The zero-order chi connectivity index (χ0) is 26.1. The summed E-state index contributed by atoms with van der Waals surface area (Å²) in [6.45, 7) is 5.38. The Balaban J connectivity index is 1.34. The molecule has 3 aromatic heterocycles. The van der Waals surface area contributed by atoms with E-state index in [0.717, 1.165) is 41.3 Å². The Morgan fingerprint density at radius 1 is 1.08 bits per heavy atom. The number of nitrogens with zero attached hydrogens (tertiary/aromatic N) is 6. The van der Waals surface area contributed by atoms with Crippen LogP contribution in [0.2, 0.25) is 0 Å². The summed E-state index contributed by atoms with van der Waals surface area (Å²) in [6, 6.07) is 12.9. The molecule has 2 N–H and O–H groups in total. The molecule has 1 aromatic carbocycles. The number of fused-ring (bicyclic) bond motifs is 1.